The molecule has 0 bridgehead atoms. The van der Waals surface area contributed by atoms with Crippen LogP contribution in [0, 0.1) is 5.41 Å². The third-order valence-corrected chi connectivity index (χ3v) is 4.67. The van der Waals surface area contributed by atoms with Gasteiger partial charge in [0.25, 0.3) is 0 Å². The van der Waals surface area contributed by atoms with Crippen LogP contribution in [0.5, 0.6) is 5.75 Å². The number of hydrogen-bond acceptors (Lipinski definition) is 3. The molecule has 3 heteroatoms. The first-order chi connectivity index (χ1) is 7.50. The molecular weight excluding hydrogens is 218 g/mol. The minimum Gasteiger partial charge on any atom is -0.497 e. The van der Waals surface area contributed by atoms with Gasteiger partial charge in [0.05, 0.1) is 12.8 Å². The number of thioether (sulfide) groups is 1. The van der Waals surface area contributed by atoms with E-state index in [2.05, 4.69) is 38.2 Å². The lowest BCUT2D eigenvalue weighted by Crippen LogP contribution is -2.32. The highest BCUT2D eigenvalue weighted by Crippen LogP contribution is 2.43. The number of rotatable bonds is 1. The molecule has 0 aromatic heterocycles. The Bertz CT molecular complexity index is 384. The summed E-state index contributed by atoms with van der Waals surface area (Å²) in [6, 6.07) is 6.24. The Morgan fingerprint density at radius 3 is 2.75 bits per heavy atom. The van der Waals surface area contributed by atoms with Crippen molar-refractivity contribution in [2.75, 3.05) is 19.0 Å². The second kappa shape index (κ2) is 4.21. The topological polar surface area (TPSA) is 21.3 Å². The van der Waals surface area contributed by atoms with Crippen LogP contribution in [0.25, 0.3) is 0 Å². The van der Waals surface area contributed by atoms with Crippen molar-refractivity contribution in [1.29, 1.82) is 0 Å². The summed E-state index contributed by atoms with van der Waals surface area (Å²) >= 11 is 1.97. The normalized spacial score (nSPS) is 19.9. The number of fused-ring (bicyclic) bond motifs is 1. The summed E-state index contributed by atoms with van der Waals surface area (Å²) in [5.41, 5.74) is 1.53. The molecule has 0 radical (unpaired) electrons. The number of nitrogens with one attached hydrogen (secondary N) is 1. The van der Waals surface area contributed by atoms with Gasteiger partial charge in [-0.25, -0.2) is 0 Å². The predicted molar refractivity (Wildman–Crippen MR) is 70.6 cm³/mol. The van der Waals surface area contributed by atoms with E-state index >= 15 is 0 Å². The average molecular weight is 237 g/mol. The molecule has 1 aliphatic rings. The van der Waals surface area contributed by atoms with Crippen molar-refractivity contribution in [2.45, 2.75) is 30.9 Å². The fraction of sp³-hybridized carbons (Fsp3) is 0.538. The molecule has 88 valence electrons. The van der Waals surface area contributed by atoms with Crippen molar-refractivity contribution < 1.29 is 4.74 Å². The van der Waals surface area contributed by atoms with Gasteiger partial charge < -0.3 is 10.1 Å². The largest absolute Gasteiger partial charge is 0.497 e. The zero-order valence-corrected chi connectivity index (χ0v) is 11.1. The van der Waals surface area contributed by atoms with Gasteiger partial charge >= 0.3 is 0 Å². The summed E-state index contributed by atoms with van der Waals surface area (Å²) in [5.74, 6) is 0.918. The maximum Gasteiger partial charge on any atom is 0.121 e. The Balaban J connectivity index is 2.22. The molecule has 1 heterocycles. The van der Waals surface area contributed by atoms with Gasteiger partial charge in [0, 0.05) is 22.8 Å². The number of ether oxygens (including phenoxy) is 1. The van der Waals surface area contributed by atoms with E-state index in [1.807, 2.05) is 17.8 Å². The smallest absolute Gasteiger partial charge is 0.121 e. The van der Waals surface area contributed by atoms with E-state index < -0.39 is 0 Å². The number of anilines is 1. The summed E-state index contributed by atoms with van der Waals surface area (Å²) in [6.07, 6.45) is 0. The van der Waals surface area contributed by atoms with Gasteiger partial charge in [0.2, 0.25) is 0 Å². The monoisotopic (exact) mass is 237 g/mol. The van der Waals surface area contributed by atoms with Gasteiger partial charge in [-0.2, -0.15) is 0 Å². The molecule has 16 heavy (non-hydrogen) atoms. The fourth-order valence-electron chi connectivity index (χ4n) is 1.76. The molecule has 1 N–H and O–H groups in total. The zero-order chi connectivity index (χ0) is 11.8. The van der Waals surface area contributed by atoms with Crippen LogP contribution < -0.4 is 10.1 Å². The highest BCUT2D eigenvalue weighted by molar-refractivity contribution is 8.00. The van der Waals surface area contributed by atoms with Crippen molar-refractivity contribution >= 4 is 17.4 Å². The van der Waals surface area contributed by atoms with Gasteiger partial charge in [-0.1, -0.05) is 20.8 Å². The third-order valence-electron chi connectivity index (χ3n) is 2.90. The van der Waals surface area contributed by atoms with E-state index in [1.165, 1.54) is 10.6 Å². The van der Waals surface area contributed by atoms with Crippen LogP contribution in [-0.2, 0) is 0 Å². The van der Waals surface area contributed by atoms with E-state index in [9.17, 15) is 0 Å². The average Bonchev–Trinajstić information content (AvgIpc) is 2.26. The minimum atomic E-state index is 0.329. The fourth-order valence-corrected chi connectivity index (χ4v) is 2.99. The Labute approximate surface area is 102 Å². The summed E-state index contributed by atoms with van der Waals surface area (Å²) in [7, 11) is 1.70. The van der Waals surface area contributed by atoms with Crippen LogP contribution in [0.3, 0.4) is 0 Å². The van der Waals surface area contributed by atoms with Gasteiger partial charge in [0.1, 0.15) is 5.75 Å². The standard InChI is InChI=1S/C13H19NOS/c1-13(2,3)12-8-14-10-7-9(15-4)5-6-11(10)16-12/h5-7,12,14H,8H2,1-4H3. The summed E-state index contributed by atoms with van der Waals surface area (Å²) in [4.78, 5) is 1.33. The second-order valence-electron chi connectivity index (χ2n) is 5.22. The van der Waals surface area contributed by atoms with E-state index in [0.717, 1.165) is 12.3 Å². The maximum atomic E-state index is 5.23. The molecule has 2 rings (SSSR count). The Kier molecular flexibility index (Phi) is 3.06. The first-order valence-electron chi connectivity index (χ1n) is 5.59. The molecule has 1 unspecified atom stereocenters. The van der Waals surface area contributed by atoms with Crippen molar-refractivity contribution in [2.24, 2.45) is 5.41 Å². The molecule has 0 saturated heterocycles. The number of methoxy groups -OCH3 is 1. The molecule has 1 atom stereocenters. The van der Waals surface area contributed by atoms with E-state index in [1.54, 1.807) is 7.11 Å². The molecule has 0 fully saturated rings. The zero-order valence-electron chi connectivity index (χ0n) is 10.3. The van der Waals surface area contributed by atoms with Crippen LogP contribution >= 0.6 is 11.8 Å². The second-order valence-corrected chi connectivity index (χ2v) is 6.46. The summed E-state index contributed by atoms with van der Waals surface area (Å²) in [6.45, 7) is 7.90. The van der Waals surface area contributed by atoms with Crippen molar-refractivity contribution in [3.05, 3.63) is 18.2 Å². The highest BCUT2D eigenvalue weighted by Gasteiger charge is 2.29. The molecule has 2 nitrogen and oxygen atoms in total. The highest BCUT2D eigenvalue weighted by atomic mass is 32.2. The minimum absolute atomic E-state index is 0.329. The number of hydrogen-bond donors (Lipinski definition) is 1. The first kappa shape index (κ1) is 11.6. The molecule has 0 saturated carbocycles. The molecule has 1 aliphatic heterocycles. The summed E-state index contributed by atoms with van der Waals surface area (Å²) < 4.78 is 5.23. The van der Waals surface area contributed by atoms with Crippen molar-refractivity contribution in [1.82, 2.24) is 0 Å². The Morgan fingerprint density at radius 2 is 2.12 bits per heavy atom. The maximum absolute atomic E-state index is 5.23. The number of benzene rings is 1. The van der Waals surface area contributed by atoms with Crippen LogP contribution in [0.15, 0.2) is 23.1 Å². The van der Waals surface area contributed by atoms with Crippen LogP contribution in [0.2, 0.25) is 0 Å². The van der Waals surface area contributed by atoms with Gasteiger partial charge in [0.15, 0.2) is 0 Å². The molecule has 0 amide bonds. The van der Waals surface area contributed by atoms with Crippen molar-refractivity contribution in [3.63, 3.8) is 0 Å². The predicted octanol–water partition coefficient (Wildman–Crippen LogP) is 3.63. The Hall–Kier alpha value is -0.830. The van der Waals surface area contributed by atoms with Gasteiger partial charge in [-0.15, -0.1) is 11.8 Å². The van der Waals surface area contributed by atoms with Crippen LogP contribution in [-0.4, -0.2) is 18.9 Å². The van der Waals surface area contributed by atoms with Gasteiger partial charge in [-0.05, 0) is 17.5 Å². The summed E-state index contributed by atoms with van der Waals surface area (Å²) in [5, 5.41) is 4.11. The van der Waals surface area contributed by atoms with E-state index in [-0.39, 0.29) is 0 Å². The molecule has 1 aromatic rings. The molecular formula is C13H19NOS. The molecule has 0 spiro atoms. The SMILES string of the molecule is COc1ccc2c(c1)NCC(C(C)(C)C)S2. The quantitative estimate of drug-likeness (QED) is 0.806. The van der Waals surface area contributed by atoms with Crippen LogP contribution in [0.4, 0.5) is 5.69 Å². The van der Waals surface area contributed by atoms with Crippen molar-refractivity contribution in [3.8, 4) is 5.75 Å². The van der Waals surface area contributed by atoms with E-state index in [4.69, 9.17) is 4.74 Å². The third kappa shape index (κ3) is 2.29. The Morgan fingerprint density at radius 1 is 1.38 bits per heavy atom. The first-order valence-corrected chi connectivity index (χ1v) is 6.47. The lowest BCUT2D eigenvalue weighted by molar-refractivity contribution is 0.401. The van der Waals surface area contributed by atoms with Crippen LogP contribution in [0.1, 0.15) is 20.8 Å². The molecule has 1 aromatic carbocycles. The lowest BCUT2D eigenvalue weighted by Gasteiger charge is -2.35. The van der Waals surface area contributed by atoms with E-state index in [0.29, 0.717) is 10.7 Å². The molecule has 0 aliphatic carbocycles. The lowest BCUT2D eigenvalue weighted by atomic mass is 9.91. The van der Waals surface area contributed by atoms with Gasteiger partial charge in [-0.3, -0.25) is 0 Å².